The first kappa shape index (κ1) is 18.1. The molecule has 2 rings (SSSR count). The molecule has 0 aliphatic heterocycles. The number of benzene rings is 2. The van der Waals surface area contributed by atoms with Crippen LogP contribution in [0.2, 0.25) is 0 Å². The first-order valence-corrected chi connectivity index (χ1v) is 8.15. The van der Waals surface area contributed by atoms with Crippen molar-refractivity contribution in [1.82, 2.24) is 5.32 Å². The number of nitriles is 1. The standard InChI is InChI=1S/C20H22N4O/c1-3-15-4-6-16(7-5-15)14(2)24-20(25)17(12-21)13-23-19-10-8-18(22)9-11-19/h4-11,13-14,23H,3,22H2,1-2H3,(H,24,25)/b17-13-. The lowest BCUT2D eigenvalue weighted by Gasteiger charge is -2.14. The summed E-state index contributed by atoms with van der Waals surface area (Å²) in [5.41, 5.74) is 9.27. The molecule has 5 heteroatoms. The smallest absolute Gasteiger partial charge is 0.263 e. The van der Waals surface area contributed by atoms with Crippen molar-refractivity contribution in [2.75, 3.05) is 11.1 Å². The normalized spacial score (nSPS) is 12.1. The fraction of sp³-hybridized carbons (Fsp3) is 0.200. The molecule has 0 radical (unpaired) electrons. The van der Waals surface area contributed by atoms with Gasteiger partial charge >= 0.3 is 0 Å². The third kappa shape index (κ3) is 5.11. The van der Waals surface area contributed by atoms with Crippen LogP contribution >= 0.6 is 0 Å². The van der Waals surface area contributed by atoms with Gasteiger partial charge in [-0.1, -0.05) is 31.2 Å². The molecule has 2 aromatic rings. The Morgan fingerprint density at radius 1 is 1.20 bits per heavy atom. The third-order valence-electron chi connectivity index (χ3n) is 3.89. The number of rotatable bonds is 6. The Labute approximate surface area is 148 Å². The van der Waals surface area contributed by atoms with Crippen molar-refractivity contribution >= 4 is 17.3 Å². The Kier molecular flexibility index (Phi) is 6.19. The van der Waals surface area contributed by atoms with Gasteiger partial charge in [-0.25, -0.2) is 0 Å². The van der Waals surface area contributed by atoms with E-state index < -0.39 is 5.91 Å². The topological polar surface area (TPSA) is 90.9 Å². The number of hydrogen-bond donors (Lipinski definition) is 3. The molecule has 25 heavy (non-hydrogen) atoms. The molecular formula is C20H22N4O. The lowest BCUT2D eigenvalue weighted by molar-refractivity contribution is -0.117. The van der Waals surface area contributed by atoms with Crippen molar-refractivity contribution in [3.05, 3.63) is 71.4 Å². The first-order valence-electron chi connectivity index (χ1n) is 8.15. The summed E-state index contributed by atoms with van der Waals surface area (Å²) in [6.07, 6.45) is 2.37. The number of nitrogens with zero attached hydrogens (tertiary/aromatic N) is 1. The maximum atomic E-state index is 12.3. The highest BCUT2D eigenvalue weighted by Crippen LogP contribution is 2.15. The minimum Gasteiger partial charge on any atom is -0.399 e. The van der Waals surface area contributed by atoms with E-state index in [4.69, 9.17) is 5.73 Å². The Morgan fingerprint density at radius 3 is 2.40 bits per heavy atom. The molecule has 0 aliphatic rings. The van der Waals surface area contributed by atoms with E-state index >= 15 is 0 Å². The summed E-state index contributed by atoms with van der Waals surface area (Å²) >= 11 is 0. The number of aryl methyl sites for hydroxylation is 1. The van der Waals surface area contributed by atoms with Gasteiger partial charge in [0, 0.05) is 17.6 Å². The molecule has 1 unspecified atom stereocenters. The van der Waals surface area contributed by atoms with E-state index in [9.17, 15) is 10.1 Å². The van der Waals surface area contributed by atoms with Crippen molar-refractivity contribution in [2.24, 2.45) is 0 Å². The van der Waals surface area contributed by atoms with Crippen LogP contribution in [0, 0.1) is 11.3 Å². The van der Waals surface area contributed by atoms with E-state index in [0.717, 1.165) is 17.7 Å². The van der Waals surface area contributed by atoms with Gasteiger partial charge in [0.15, 0.2) is 0 Å². The summed E-state index contributed by atoms with van der Waals surface area (Å²) in [5.74, 6) is -0.419. The molecule has 5 nitrogen and oxygen atoms in total. The van der Waals surface area contributed by atoms with Crippen LogP contribution in [0.1, 0.15) is 31.0 Å². The van der Waals surface area contributed by atoms with Crippen molar-refractivity contribution in [3.63, 3.8) is 0 Å². The second-order valence-corrected chi connectivity index (χ2v) is 5.73. The van der Waals surface area contributed by atoms with E-state index in [0.29, 0.717) is 5.69 Å². The van der Waals surface area contributed by atoms with Crippen molar-refractivity contribution in [2.45, 2.75) is 26.3 Å². The lowest BCUT2D eigenvalue weighted by Crippen LogP contribution is -2.28. The Morgan fingerprint density at radius 2 is 1.84 bits per heavy atom. The van der Waals surface area contributed by atoms with Crippen LogP contribution in [0.25, 0.3) is 0 Å². The highest BCUT2D eigenvalue weighted by atomic mass is 16.1. The van der Waals surface area contributed by atoms with Crippen LogP contribution in [0.3, 0.4) is 0 Å². The molecule has 0 saturated carbocycles. The summed E-state index contributed by atoms with van der Waals surface area (Å²) < 4.78 is 0. The van der Waals surface area contributed by atoms with Gasteiger partial charge in [-0.15, -0.1) is 0 Å². The molecule has 0 fully saturated rings. The number of hydrogen-bond acceptors (Lipinski definition) is 4. The number of nitrogens with one attached hydrogen (secondary N) is 2. The molecule has 0 saturated heterocycles. The molecule has 1 atom stereocenters. The average Bonchev–Trinajstić information content (AvgIpc) is 2.63. The predicted molar refractivity (Wildman–Crippen MR) is 101 cm³/mol. The summed E-state index contributed by atoms with van der Waals surface area (Å²) in [6, 6.07) is 16.8. The van der Waals surface area contributed by atoms with Gasteiger partial charge in [-0.05, 0) is 48.7 Å². The first-order chi connectivity index (χ1) is 12.0. The molecule has 0 aliphatic carbocycles. The fourth-order valence-electron chi connectivity index (χ4n) is 2.28. The van der Waals surface area contributed by atoms with Crippen LogP contribution in [0.5, 0.6) is 0 Å². The number of carbonyl (C=O) groups excluding carboxylic acids is 1. The zero-order chi connectivity index (χ0) is 18.2. The van der Waals surface area contributed by atoms with Gasteiger partial charge < -0.3 is 16.4 Å². The number of nitrogens with two attached hydrogens (primary N) is 1. The van der Waals surface area contributed by atoms with Gasteiger partial charge in [0.1, 0.15) is 11.6 Å². The Hall–Kier alpha value is -3.26. The minimum absolute atomic E-state index is 0.00820. The van der Waals surface area contributed by atoms with Crippen LogP contribution in [0.15, 0.2) is 60.3 Å². The van der Waals surface area contributed by atoms with Crippen LogP contribution in [-0.2, 0) is 11.2 Å². The summed E-state index contributed by atoms with van der Waals surface area (Å²) in [4.78, 5) is 12.3. The minimum atomic E-state index is -0.419. The molecule has 128 valence electrons. The largest absolute Gasteiger partial charge is 0.399 e. The van der Waals surface area contributed by atoms with E-state index in [1.54, 1.807) is 24.3 Å². The van der Waals surface area contributed by atoms with Crippen LogP contribution in [0.4, 0.5) is 11.4 Å². The quantitative estimate of drug-likeness (QED) is 0.428. The van der Waals surface area contributed by atoms with E-state index in [2.05, 4.69) is 17.6 Å². The van der Waals surface area contributed by atoms with Crippen molar-refractivity contribution < 1.29 is 4.79 Å². The Bertz CT molecular complexity index is 786. The van der Waals surface area contributed by atoms with Gasteiger partial charge in [0.2, 0.25) is 0 Å². The lowest BCUT2D eigenvalue weighted by atomic mass is 10.0. The van der Waals surface area contributed by atoms with Gasteiger partial charge in [0.05, 0.1) is 6.04 Å². The summed E-state index contributed by atoms with van der Waals surface area (Å²) in [6.45, 7) is 3.99. The average molecular weight is 334 g/mol. The SMILES string of the molecule is CCc1ccc(C(C)NC(=O)/C(C#N)=C\Nc2ccc(N)cc2)cc1. The second kappa shape index (κ2) is 8.55. The van der Waals surface area contributed by atoms with Crippen molar-refractivity contribution in [3.8, 4) is 6.07 Å². The number of amides is 1. The molecule has 0 spiro atoms. The fourth-order valence-corrected chi connectivity index (χ4v) is 2.28. The van der Waals surface area contributed by atoms with Crippen LogP contribution < -0.4 is 16.4 Å². The zero-order valence-corrected chi connectivity index (χ0v) is 14.4. The Balaban J connectivity index is 2.01. The van der Waals surface area contributed by atoms with Gasteiger partial charge in [0.25, 0.3) is 5.91 Å². The van der Waals surface area contributed by atoms with Crippen LogP contribution in [-0.4, -0.2) is 5.91 Å². The number of nitrogen functional groups attached to an aromatic ring is 1. The third-order valence-corrected chi connectivity index (χ3v) is 3.89. The molecule has 0 heterocycles. The summed E-state index contributed by atoms with van der Waals surface area (Å²) in [7, 11) is 0. The van der Waals surface area contributed by atoms with E-state index in [-0.39, 0.29) is 11.6 Å². The summed E-state index contributed by atoms with van der Waals surface area (Å²) in [5, 5.41) is 15.0. The molecule has 2 aromatic carbocycles. The number of anilines is 2. The van der Waals surface area contributed by atoms with Gasteiger partial charge in [-0.2, -0.15) is 5.26 Å². The molecular weight excluding hydrogens is 312 g/mol. The van der Waals surface area contributed by atoms with E-state index in [1.165, 1.54) is 11.8 Å². The molecule has 4 N–H and O–H groups in total. The highest BCUT2D eigenvalue weighted by Gasteiger charge is 2.13. The molecule has 0 aromatic heterocycles. The number of carbonyl (C=O) groups is 1. The van der Waals surface area contributed by atoms with E-state index in [1.807, 2.05) is 37.3 Å². The zero-order valence-electron chi connectivity index (χ0n) is 14.4. The molecule has 1 amide bonds. The maximum Gasteiger partial charge on any atom is 0.263 e. The molecule has 0 bridgehead atoms. The highest BCUT2D eigenvalue weighted by molar-refractivity contribution is 5.97. The maximum absolute atomic E-state index is 12.3. The van der Waals surface area contributed by atoms with Crippen molar-refractivity contribution in [1.29, 1.82) is 5.26 Å². The second-order valence-electron chi connectivity index (χ2n) is 5.73. The monoisotopic (exact) mass is 334 g/mol. The predicted octanol–water partition coefficient (Wildman–Crippen LogP) is 3.53. The van der Waals surface area contributed by atoms with Gasteiger partial charge in [-0.3, -0.25) is 4.79 Å².